The van der Waals surface area contributed by atoms with Gasteiger partial charge in [0.2, 0.25) is 0 Å². The maximum atomic E-state index is 6.68. The summed E-state index contributed by atoms with van der Waals surface area (Å²) in [7, 11) is 0. The van der Waals surface area contributed by atoms with E-state index >= 15 is 0 Å². The molecule has 8 aromatic rings. The molecular weight excluding hydrogens is 976 g/mol. The number of hydrogen-bond donors (Lipinski definition) is 0. The number of nitrogens with zero attached hydrogens (tertiary/aromatic N) is 4. The predicted octanol–water partition coefficient (Wildman–Crippen LogP) is 16.6. The van der Waals surface area contributed by atoms with Crippen LogP contribution < -0.4 is 14.5 Å². The van der Waals surface area contributed by atoms with E-state index in [4.69, 9.17) is 9.72 Å². The first kappa shape index (κ1) is 45.9. The normalized spacial score (nSPS) is 13.1. The number of fused-ring (bicyclic) bond motifs is 4. The van der Waals surface area contributed by atoms with Crippen LogP contribution in [-0.4, -0.2) is 9.55 Å². The number of para-hydroxylation sites is 1. The van der Waals surface area contributed by atoms with E-state index in [1.54, 1.807) is 0 Å². The Morgan fingerprint density at radius 2 is 1.26 bits per heavy atom. The van der Waals surface area contributed by atoms with Crippen LogP contribution in [0.1, 0.15) is 129 Å². The SMILES string of the molecule is CC(C)c1cc(C(C)C)c(-c2cccc(N3[CH-]N(c4[c-]c(Oc5[c-]c6c(cc5)c5ccccc5n6-c5cc(C(C)(C)C)ccn5)ccc4)c4cc(C(C)(C)C)ccc43)c2)c(C(C)C)c1.[Pt]. The van der Waals surface area contributed by atoms with Gasteiger partial charge < -0.3 is 19.1 Å². The zero-order chi connectivity index (χ0) is 45.2. The van der Waals surface area contributed by atoms with Crippen molar-refractivity contribution in [2.75, 3.05) is 9.80 Å². The van der Waals surface area contributed by atoms with E-state index in [2.05, 4.69) is 219 Å². The van der Waals surface area contributed by atoms with Crippen molar-refractivity contribution < 1.29 is 25.8 Å². The van der Waals surface area contributed by atoms with Crippen LogP contribution in [0.25, 0.3) is 38.8 Å². The average Bonchev–Trinajstić information content (AvgIpc) is 3.81. The number of hydrogen-bond acceptors (Lipinski definition) is 4. The Bertz CT molecular complexity index is 3010. The maximum Gasteiger partial charge on any atom is 0.135 e. The smallest absolute Gasteiger partial charge is 0.135 e. The summed E-state index contributed by atoms with van der Waals surface area (Å²) in [5.41, 5.74) is 15.5. The van der Waals surface area contributed by atoms with Gasteiger partial charge in [0.25, 0.3) is 0 Å². The summed E-state index contributed by atoms with van der Waals surface area (Å²) in [6.07, 6.45) is 1.91. The van der Waals surface area contributed by atoms with Crippen LogP contribution in [-0.2, 0) is 31.9 Å². The first-order valence-electron chi connectivity index (χ1n) is 22.9. The van der Waals surface area contributed by atoms with Gasteiger partial charge in [-0.15, -0.1) is 48.1 Å². The Balaban J connectivity index is 0.00000576. The molecule has 0 unspecified atom stereocenters. The molecule has 2 aromatic heterocycles. The predicted molar refractivity (Wildman–Crippen MR) is 269 cm³/mol. The molecular formula is C59H61N4OPt-3. The molecule has 6 aromatic carbocycles. The Kier molecular flexibility index (Phi) is 12.5. The third kappa shape index (κ3) is 8.77. The molecule has 0 fully saturated rings. The molecule has 6 heteroatoms. The molecule has 0 N–H and O–H groups in total. The Hall–Kier alpha value is -5.64. The largest absolute Gasteiger partial charge is 0.509 e. The van der Waals surface area contributed by atoms with Crippen molar-refractivity contribution in [1.29, 1.82) is 0 Å². The zero-order valence-electron chi connectivity index (χ0n) is 39.9. The van der Waals surface area contributed by atoms with E-state index in [9.17, 15) is 0 Å². The molecule has 9 rings (SSSR count). The van der Waals surface area contributed by atoms with E-state index in [1.807, 2.05) is 24.4 Å². The molecule has 0 atom stereocenters. The third-order valence-corrected chi connectivity index (χ3v) is 12.8. The minimum absolute atomic E-state index is 0. The van der Waals surface area contributed by atoms with Crippen molar-refractivity contribution in [3.05, 3.63) is 174 Å². The average molecular weight is 1040 g/mol. The minimum Gasteiger partial charge on any atom is -0.509 e. The number of benzene rings is 6. The standard InChI is InChI=1S/C59H61N4O.Pt/c1-37(2)41-30-50(38(3)4)57(51(31-41)39(5)6)40-17-15-18-44(29-40)61-36-62(55-32-42(58(7,8)9)23-26-53(55)61)45-19-16-20-46(34-45)64-47-24-25-49-48-21-13-14-22-52(48)63(54(49)35-47)56-33-43(27-28-60-56)59(10,11)12;/h13-33,36-39H,1-12H3;/q-3;. The van der Waals surface area contributed by atoms with Gasteiger partial charge in [-0.2, -0.15) is 12.1 Å². The molecule has 0 amide bonds. The summed E-state index contributed by atoms with van der Waals surface area (Å²) in [5.74, 6) is 3.32. The quantitative estimate of drug-likeness (QED) is 0.135. The van der Waals surface area contributed by atoms with Crippen LogP contribution >= 0.6 is 0 Å². The molecule has 0 radical (unpaired) electrons. The molecule has 0 spiro atoms. The molecule has 0 aliphatic carbocycles. The third-order valence-electron chi connectivity index (χ3n) is 12.8. The van der Waals surface area contributed by atoms with Crippen molar-refractivity contribution in [3.63, 3.8) is 0 Å². The maximum absolute atomic E-state index is 6.68. The zero-order valence-corrected chi connectivity index (χ0v) is 42.2. The van der Waals surface area contributed by atoms with Gasteiger partial charge in [0.15, 0.2) is 0 Å². The second kappa shape index (κ2) is 17.6. The first-order valence-corrected chi connectivity index (χ1v) is 22.9. The first-order chi connectivity index (χ1) is 30.5. The van der Waals surface area contributed by atoms with Gasteiger partial charge >= 0.3 is 0 Å². The Morgan fingerprint density at radius 3 is 1.95 bits per heavy atom. The van der Waals surface area contributed by atoms with Gasteiger partial charge in [0.1, 0.15) is 5.82 Å². The molecule has 65 heavy (non-hydrogen) atoms. The van der Waals surface area contributed by atoms with Gasteiger partial charge in [-0.25, -0.2) is 4.98 Å². The van der Waals surface area contributed by atoms with Crippen molar-refractivity contribution >= 4 is 44.6 Å². The van der Waals surface area contributed by atoms with Gasteiger partial charge in [-0.1, -0.05) is 137 Å². The fourth-order valence-corrected chi connectivity index (χ4v) is 9.06. The van der Waals surface area contributed by atoms with E-state index in [-0.39, 0.29) is 31.9 Å². The second-order valence-electron chi connectivity index (χ2n) is 20.5. The number of pyridine rings is 1. The monoisotopic (exact) mass is 1040 g/mol. The molecule has 0 saturated carbocycles. The fraction of sp³-hybridized carbons (Fsp3) is 0.288. The summed E-state index contributed by atoms with van der Waals surface area (Å²) >= 11 is 0. The number of rotatable bonds is 9. The summed E-state index contributed by atoms with van der Waals surface area (Å²) in [6, 6.07) is 51.2. The Labute approximate surface area is 401 Å². The van der Waals surface area contributed by atoms with Crippen molar-refractivity contribution in [2.24, 2.45) is 0 Å². The van der Waals surface area contributed by atoms with Crippen LogP contribution in [0.5, 0.6) is 11.5 Å². The summed E-state index contributed by atoms with van der Waals surface area (Å²) in [6.45, 7) is 29.6. The number of anilines is 4. The molecule has 0 saturated heterocycles. The second-order valence-corrected chi connectivity index (χ2v) is 20.5. The van der Waals surface area contributed by atoms with Crippen LogP contribution in [0.2, 0.25) is 0 Å². The minimum atomic E-state index is -0.0358. The molecule has 336 valence electrons. The Morgan fingerprint density at radius 1 is 0.585 bits per heavy atom. The molecule has 3 heterocycles. The van der Waals surface area contributed by atoms with Gasteiger partial charge in [-0.05, 0) is 115 Å². The summed E-state index contributed by atoms with van der Waals surface area (Å²) in [5, 5.41) is 2.24. The van der Waals surface area contributed by atoms with Crippen molar-refractivity contribution in [2.45, 2.75) is 112 Å². The number of ether oxygens (including phenoxy) is 1. The van der Waals surface area contributed by atoms with Crippen LogP contribution in [0.3, 0.4) is 0 Å². The van der Waals surface area contributed by atoms with Gasteiger partial charge in [0.05, 0.1) is 0 Å². The van der Waals surface area contributed by atoms with Crippen LogP contribution in [0.15, 0.2) is 128 Å². The van der Waals surface area contributed by atoms with E-state index in [1.165, 1.54) is 38.9 Å². The van der Waals surface area contributed by atoms with Gasteiger partial charge in [-0.3, -0.25) is 0 Å². The van der Waals surface area contributed by atoms with Crippen molar-refractivity contribution in [3.8, 4) is 28.4 Å². The number of aromatic nitrogens is 2. The summed E-state index contributed by atoms with van der Waals surface area (Å²) < 4.78 is 8.88. The van der Waals surface area contributed by atoms with Gasteiger partial charge in [0, 0.05) is 61.3 Å². The molecule has 5 nitrogen and oxygen atoms in total. The molecule has 0 bridgehead atoms. The fourth-order valence-electron chi connectivity index (χ4n) is 9.06. The van der Waals surface area contributed by atoms with E-state index in [0.29, 0.717) is 29.3 Å². The summed E-state index contributed by atoms with van der Waals surface area (Å²) in [4.78, 5) is 9.44. The molecule has 1 aliphatic rings. The topological polar surface area (TPSA) is 33.5 Å². The molecule has 1 aliphatic heterocycles. The van der Waals surface area contributed by atoms with Crippen molar-refractivity contribution in [1.82, 2.24) is 9.55 Å². The van der Waals surface area contributed by atoms with Crippen LogP contribution in [0, 0.1) is 18.8 Å². The van der Waals surface area contributed by atoms with E-state index in [0.717, 1.165) is 50.4 Å². The van der Waals surface area contributed by atoms with E-state index < -0.39 is 0 Å². The van der Waals surface area contributed by atoms with Crippen LogP contribution in [0.4, 0.5) is 22.7 Å².